The molecule has 2 atom stereocenters. The maximum atomic E-state index is 7.91. The number of halogens is 2. The second kappa shape index (κ2) is 8.65. The van der Waals surface area contributed by atoms with Crippen molar-refractivity contribution in [2.75, 3.05) is 0 Å². The molecule has 0 saturated carbocycles. The highest BCUT2D eigenvalue weighted by molar-refractivity contribution is 6.97. The highest BCUT2D eigenvalue weighted by Gasteiger charge is 2.63. The summed E-state index contributed by atoms with van der Waals surface area (Å²) >= 11 is 15.8. The first-order valence-electron chi connectivity index (χ1n) is 12.5. The molecule has 0 bridgehead atoms. The predicted molar refractivity (Wildman–Crippen MR) is 159 cm³/mol. The van der Waals surface area contributed by atoms with E-state index in [1.54, 1.807) is 0 Å². The summed E-state index contributed by atoms with van der Waals surface area (Å²) in [5.41, 5.74) is 7.11. The molecule has 2 aromatic rings. The van der Waals surface area contributed by atoms with E-state index < -0.39 is 17.1 Å². The van der Waals surface area contributed by atoms with E-state index in [1.165, 1.54) is 33.4 Å². The fraction of sp³-hybridized carbons (Fsp3) is 0.375. The Balaban J connectivity index is 1.93. The summed E-state index contributed by atoms with van der Waals surface area (Å²) < 4.78 is -1.27. The minimum atomic E-state index is -2.54. The summed E-state index contributed by atoms with van der Waals surface area (Å²) in [6.07, 6.45) is 9.29. The van der Waals surface area contributed by atoms with Gasteiger partial charge in [0.15, 0.2) is 0 Å². The van der Waals surface area contributed by atoms with Crippen LogP contribution in [0.15, 0.2) is 96.1 Å². The Morgan fingerprint density at radius 3 is 1.17 bits per heavy atom. The van der Waals surface area contributed by atoms with Crippen molar-refractivity contribution < 1.29 is 0 Å². The summed E-state index contributed by atoms with van der Waals surface area (Å²) in [7, 11) is -2.54. The van der Waals surface area contributed by atoms with Gasteiger partial charge in [-0.3, -0.25) is 0 Å². The van der Waals surface area contributed by atoms with Gasteiger partial charge in [-0.05, 0) is 44.2 Å². The molecule has 0 spiro atoms. The van der Waals surface area contributed by atoms with Crippen LogP contribution in [0.4, 0.5) is 0 Å². The minimum Gasteiger partial charge on any atom is -0.114 e. The van der Waals surface area contributed by atoms with Crippen LogP contribution >= 0.6 is 23.2 Å². The lowest BCUT2D eigenvalue weighted by Crippen LogP contribution is -2.65. The Labute approximate surface area is 223 Å². The molecule has 184 valence electrons. The molecule has 0 amide bonds. The third kappa shape index (κ3) is 4.35. The minimum absolute atomic E-state index is 0.0948. The quantitative estimate of drug-likeness (QED) is 0.277. The van der Waals surface area contributed by atoms with Gasteiger partial charge < -0.3 is 0 Å². The molecule has 0 N–H and O–H groups in total. The van der Waals surface area contributed by atoms with Crippen molar-refractivity contribution in [1.29, 1.82) is 0 Å². The van der Waals surface area contributed by atoms with E-state index in [0.29, 0.717) is 0 Å². The van der Waals surface area contributed by atoms with Gasteiger partial charge in [-0.1, -0.05) is 140 Å². The molecule has 2 unspecified atom stereocenters. The average Bonchev–Trinajstić information content (AvgIpc) is 3.35. The van der Waals surface area contributed by atoms with Crippen molar-refractivity contribution in [3.8, 4) is 0 Å². The summed E-state index contributed by atoms with van der Waals surface area (Å²) in [6.45, 7) is 18.4. The first kappa shape index (κ1) is 26.3. The van der Waals surface area contributed by atoms with Gasteiger partial charge in [-0.2, -0.15) is 0 Å². The number of benzene rings is 2. The molecule has 0 heterocycles. The second-order valence-electron chi connectivity index (χ2n) is 12.6. The van der Waals surface area contributed by atoms with Gasteiger partial charge in [0.05, 0.1) is 8.99 Å². The topological polar surface area (TPSA) is 0 Å². The highest BCUT2D eigenvalue weighted by Crippen LogP contribution is 2.60. The number of allylic oxidation sites excluding steroid dienone is 8. The molecule has 3 heteroatoms. The second-order valence-corrected chi connectivity index (χ2v) is 19.2. The summed E-state index contributed by atoms with van der Waals surface area (Å²) in [5, 5.41) is 0. The Morgan fingerprint density at radius 1 is 0.571 bits per heavy atom. The predicted octanol–water partition coefficient (Wildman–Crippen LogP) is 9.87. The fourth-order valence-corrected chi connectivity index (χ4v) is 11.4. The van der Waals surface area contributed by atoms with Crippen LogP contribution in [0.2, 0.25) is 13.1 Å². The molecule has 2 aromatic carbocycles. The van der Waals surface area contributed by atoms with Crippen LogP contribution in [0.1, 0.15) is 52.7 Å². The molecule has 0 fully saturated rings. The van der Waals surface area contributed by atoms with Crippen LogP contribution in [0.3, 0.4) is 0 Å². The van der Waals surface area contributed by atoms with Crippen molar-refractivity contribution >= 4 is 42.4 Å². The summed E-state index contributed by atoms with van der Waals surface area (Å²) in [6, 6.07) is 21.1. The SMILES string of the molecule is CC(C)(C)C1=CC(c2ccccc2)=CC1(Cl)[Si](C)(C)C1(Cl)C=C(c2ccccc2)C=C1C(C)(C)C. The molecule has 0 aromatic heterocycles. The highest BCUT2D eigenvalue weighted by atomic mass is 35.5. The van der Waals surface area contributed by atoms with Gasteiger partial charge in [0, 0.05) is 0 Å². The molecule has 35 heavy (non-hydrogen) atoms. The van der Waals surface area contributed by atoms with Crippen LogP contribution in [-0.2, 0) is 0 Å². The van der Waals surface area contributed by atoms with E-state index in [-0.39, 0.29) is 10.8 Å². The van der Waals surface area contributed by atoms with Gasteiger partial charge in [-0.15, -0.1) is 23.2 Å². The Kier molecular flexibility index (Phi) is 6.49. The Morgan fingerprint density at radius 2 is 0.886 bits per heavy atom. The zero-order valence-corrected chi connectivity index (χ0v) is 24.9. The Bertz CT molecular complexity index is 1140. The van der Waals surface area contributed by atoms with Crippen LogP contribution in [-0.4, -0.2) is 17.1 Å². The molecule has 0 aliphatic heterocycles. The van der Waals surface area contributed by atoms with E-state index in [0.717, 1.165) is 0 Å². The van der Waals surface area contributed by atoms with E-state index in [1.807, 2.05) is 0 Å². The Hall–Kier alpha value is -1.80. The number of hydrogen-bond acceptors (Lipinski definition) is 0. The molecule has 4 rings (SSSR count). The van der Waals surface area contributed by atoms with Crippen molar-refractivity contribution in [2.24, 2.45) is 10.8 Å². The van der Waals surface area contributed by atoms with Crippen LogP contribution < -0.4 is 0 Å². The molecule has 0 radical (unpaired) electrons. The smallest absolute Gasteiger partial charge is 0.114 e. The van der Waals surface area contributed by atoms with Crippen molar-refractivity contribution in [3.63, 3.8) is 0 Å². The van der Waals surface area contributed by atoms with E-state index >= 15 is 0 Å². The summed E-state index contributed by atoms with van der Waals surface area (Å²) in [5.74, 6) is 0. The lowest BCUT2D eigenvalue weighted by atomic mass is 9.84. The maximum Gasteiger partial charge on any atom is 0.115 e. The summed E-state index contributed by atoms with van der Waals surface area (Å²) in [4.78, 5) is 0. The van der Waals surface area contributed by atoms with E-state index in [4.69, 9.17) is 23.2 Å². The number of rotatable bonds is 4. The van der Waals surface area contributed by atoms with Gasteiger partial charge in [-0.25, -0.2) is 0 Å². The standard InChI is InChI=1S/C32H38Cl2Si/c1-29(2,3)27-19-25(23-15-11-9-12-16-23)21-31(27,33)35(7,8)32(34)22-26(20-28(32)30(4,5)6)24-17-13-10-14-18-24/h9-22H,1-8H3. The molecular weight excluding hydrogens is 483 g/mol. The largest absolute Gasteiger partial charge is 0.115 e. The van der Waals surface area contributed by atoms with Crippen LogP contribution in [0.5, 0.6) is 0 Å². The van der Waals surface area contributed by atoms with Gasteiger partial charge in [0.1, 0.15) is 8.07 Å². The van der Waals surface area contributed by atoms with Crippen LogP contribution in [0.25, 0.3) is 11.1 Å². The fourth-order valence-electron chi connectivity index (χ4n) is 5.61. The lowest BCUT2D eigenvalue weighted by Gasteiger charge is -2.52. The van der Waals surface area contributed by atoms with Crippen LogP contribution in [0, 0.1) is 10.8 Å². The molecule has 2 aliphatic rings. The third-order valence-corrected chi connectivity index (χ3v) is 15.7. The van der Waals surface area contributed by atoms with Gasteiger partial charge in [0.2, 0.25) is 0 Å². The van der Waals surface area contributed by atoms with E-state index in [2.05, 4.69) is 140 Å². The maximum absolute atomic E-state index is 7.91. The normalized spacial score (nSPS) is 25.2. The van der Waals surface area contributed by atoms with Gasteiger partial charge in [0.25, 0.3) is 0 Å². The monoisotopic (exact) mass is 520 g/mol. The number of hydrogen-bond donors (Lipinski definition) is 0. The zero-order chi connectivity index (χ0) is 25.9. The lowest BCUT2D eigenvalue weighted by molar-refractivity contribution is 0.477. The van der Waals surface area contributed by atoms with Crippen molar-refractivity contribution in [3.05, 3.63) is 107 Å². The first-order chi connectivity index (χ1) is 16.1. The third-order valence-electron chi connectivity index (χ3n) is 7.74. The molecular formula is C32H38Cl2Si. The molecule has 0 nitrogen and oxygen atoms in total. The first-order valence-corrected chi connectivity index (χ1v) is 16.3. The van der Waals surface area contributed by atoms with Gasteiger partial charge >= 0.3 is 0 Å². The van der Waals surface area contributed by atoms with E-state index in [9.17, 15) is 0 Å². The van der Waals surface area contributed by atoms with Crippen molar-refractivity contribution in [2.45, 2.75) is 63.6 Å². The molecule has 0 saturated heterocycles. The molecule has 2 aliphatic carbocycles. The average molecular weight is 522 g/mol. The van der Waals surface area contributed by atoms with Crippen molar-refractivity contribution in [1.82, 2.24) is 0 Å². The zero-order valence-electron chi connectivity index (χ0n) is 22.3. The number of alkyl halides is 2.